The highest BCUT2D eigenvalue weighted by Crippen LogP contribution is 2.22. The van der Waals surface area contributed by atoms with E-state index in [1.807, 2.05) is 42.6 Å². The lowest BCUT2D eigenvalue weighted by Crippen LogP contribution is -2.00. The van der Waals surface area contributed by atoms with Crippen molar-refractivity contribution in [2.75, 3.05) is 0 Å². The summed E-state index contributed by atoms with van der Waals surface area (Å²) in [6, 6.07) is 9.68. The number of hydrogen-bond acceptors (Lipinski definition) is 2. The lowest BCUT2D eigenvalue weighted by Gasteiger charge is -2.00. The number of halogens is 1. The molecular weight excluding hydrogens is 319 g/mol. The molecule has 0 aliphatic carbocycles. The second-order valence-corrected chi connectivity index (χ2v) is 5.37. The van der Waals surface area contributed by atoms with Crippen LogP contribution in [0.1, 0.15) is 20.8 Å². The summed E-state index contributed by atoms with van der Waals surface area (Å²) in [7, 11) is 0. The maximum Gasteiger partial charge on any atom is 0.204 e. The molecule has 0 spiro atoms. The summed E-state index contributed by atoms with van der Waals surface area (Å²) in [5, 5.41) is 1.95. The van der Waals surface area contributed by atoms with Crippen LogP contribution in [0.2, 0.25) is 0 Å². The van der Waals surface area contributed by atoms with Crippen LogP contribution in [0.3, 0.4) is 0 Å². The Kier molecular flexibility index (Phi) is 3.21. The number of benzene rings is 1. The number of hydrogen-bond donors (Lipinski definition) is 0. The fourth-order valence-corrected chi connectivity index (χ4v) is 3.17. The molecule has 0 amide bonds. The van der Waals surface area contributed by atoms with Gasteiger partial charge in [-0.3, -0.25) is 4.79 Å². The van der Waals surface area contributed by atoms with Crippen LogP contribution in [0.25, 0.3) is 0 Å². The highest BCUT2D eigenvalue weighted by Gasteiger charge is 2.13. The Balaban J connectivity index is 2.41. The Labute approximate surface area is 106 Å². The molecule has 0 aliphatic rings. The molecule has 0 bridgehead atoms. The molecule has 0 saturated carbocycles. The van der Waals surface area contributed by atoms with Crippen molar-refractivity contribution in [1.82, 2.24) is 0 Å². The number of carbonyl (C=O) groups is 1. The van der Waals surface area contributed by atoms with Gasteiger partial charge in [0.1, 0.15) is 0 Å². The number of rotatable bonds is 2. The molecule has 0 saturated heterocycles. The zero-order chi connectivity index (χ0) is 10.8. The van der Waals surface area contributed by atoms with Crippen LogP contribution in [0.5, 0.6) is 0 Å². The van der Waals surface area contributed by atoms with E-state index in [9.17, 15) is 4.79 Å². The van der Waals surface area contributed by atoms with Crippen molar-refractivity contribution in [3.63, 3.8) is 0 Å². The lowest BCUT2D eigenvalue weighted by atomic mass is 10.1. The number of ketones is 1. The summed E-state index contributed by atoms with van der Waals surface area (Å²) in [5.41, 5.74) is 1.89. The molecule has 1 nitrogen and oxygen atoms in total. The van der Waals surface area contributed by atoms with Crippen molar-refractivity contribution in [1.29, 1.82) is 0 Å². The molecule has 0 fully saturated rings. The molecule has 2 aromatic rings. The first-order valence-electron chi connectivity index (χ1n) is 4.53. The Hall–Kier alpha value is -0.680. The second-order valence-electron chi connectivity index (χ2n) is 3.30. The van der Waals surface area contributed by atoms with Crippen LogP contribution < -0.4 is 0 Å². The molecule has 0 aliphatic heterocycles. The minimum atomic E-state index is 0.123. The summed E-state index contributed by atoms with van der Waals surface area (Å²) in [6.45, 7) is 2.00. The highest BCUT2D eigenvalue weighted by atomic mass is 127. The predicted octanol–water partition coefficient (Wildman–Crippen LogP) is 3.89. The summed E-state index contributed by atoms with van der Waals surface area (Å²) in [4.78, 5) is 12.9. The van der Waals surface area contributed by atoms with Crippen molar-refractivity contribution < 1.29 is 4.79 Å². The largest absolute Gasteiger partial charge is 0.288 e. The van der Waals surface area contributed by atoms with Gasteiger partial charge < -0.3 is 0 Å². The van der Waals surface area contributed by atoms with Gasteiger partial charge in [-0.1, -0.05) is 23.8 Å². The molecule has 0 unspecified atom stereocenters. The minimum absolute atomic E-state index is 0.123. The van der Waals surface area contributed by atoms with Gasteiger partial charge in [0.15, 0.2) is 0 Å². The average Bonchev–Trinajstić information content (AvgIpc) is 2.63. The molecule has 1 heterocycles. The number of thiophene rings is 1. The van der Waals surface area contributed by atoms with Gasteiger partial charge in [0, 0.05) is 9.13 Å². The summed E-state index contributed by atoms with van der Waals surface area (Å²) < 4.78 is 1.03. The van der Waals surface area contributed by atoms with E-state index in [0.717, 1.165) is 19.6 Å². The van der Waals surface area contributed by atoms with E-state index in [-0.39, 0.29) is 5.78 Å². The predicted molar refractivity (Wildman–Crippen MR) is 71.6 cm³/mol. The van der Waals surface area contributed by atoms with Gasteiger partial charge in [-0.2, -0.15) is 0 Å². The van der Waals surface area contributed by atoms with Crippen LogP contribution in [-0.2, 0) is 0 Å². The van der Waals surface area contributed by atoms with E-state index >= 15 is 0 Å². The molecule has 15 heavy (non-hydrogen) atoms. The van der Waals surface area contributed by atoms with E-state index in [4.69, 9.17) is 0 Å². The van der Waals surface area contributed by atoms with Gasteiger partial charge >= 0.3 is 0 Å². The molecule has 0 radical (unpaired) electrons. The fourth-order valence-electron chi connectivity index (χ4n) is 1.37. The second kappa shape index (κ2) is 4.45. The molecule has 0 atom stereocenters. The van der Waals surface area contributed by atoms with E-state index in [1.165, 1.54) is 11.3 Å². The third-order valence-electron chi connectivity index (χ3n) is 2.10. The van der Waals surface area contributed by atoms with E-state index in [0.29, 0.717) is 0 Å². The summed E-state index contributed by atoms with van der Waals surface area (Å²) in [5.74, 6) is 0.123. The van der Waals surface area contributed by atoms with E-state index in [1.54, 1.807) is 0 Å². The quantitative estimate of drug-likeness (QED) is 0.604. The van der Waals surface area contributed by atoms with E-state index < -0.39 is 0 Å². The Morgan fingerprint density at radius 1 is 1.33 bits per heavy atom. The smallest absolute Gasteiger partial charge is 0.204 e. The van der Waals surface area contributed by atoms with Crippen molar-refractivity contribution in [2.24, 2.45) is 0 Å². The molecule has 76 valence electrons. The first kappa shape index (κ1) is 10.8. The van der Waals surface area contributed by atoms with Crippen molar-refractivity contribution in [3.05, 3.63) is 55.3 Å². The minimum Gasteiger partial charge on any atom is -0.288 e. The Morgan fingerprint density at radius 2 is 2.13 bits per heavy atom. The monoisotopic (exact) mass is 328 g/mol. The van der Waals surface area contributed by atoms with Gasteiger partial charge in [0.25, 0.3) is 0 Å². The molecule has 1 aromatic heterocycles. The molecule has 2 rings (SSSR count). The molecule has 3 heteroatoms. The first-order chi connectivity index (χ1) is 7.18. The first-order valence-corrected chi connectivity index (χ1v) is 6.48. The van der Waals surface area contributed by atoms with Crippen LogP contribution in [0.15, 0.2) is 35.7 Å². The molecule has 0 N–H and O–H groups in total. The maximum atomic E-state index is 12.1. The number of aryl methyl sites for hydroxylation is 1. The van der Waals surface area contributed by atoms with Gasteiger partial charge in [-0.05, 0) is 47.0 Å². The van der Waals surface area contributed by atoms with Gasteiger partial charge in [-0.15, -0.1) is 11.3 Å². The van der Waals surface area contributed by atoms with Crippen LogP contribution in [0, 0.1) is 10.5 Å². The van der Waals surface area contributed by atoms with Crippen molar-refractivity contribution in [3.8, 4) is 0 Å². The Morgan fingerprint density at radius 3 is 2.73 bits per heavy atom. The average molecular weight is 328 g/mol. The van der Waals surface area contributed by atoms with Crippen LogP contribution in [0.4, 0.5) is 0 Å². The maximum absolute atomic E-state index is 12.1. The summed E-state index contributed by atoms with van der Waals surface area (Å²) >= 11 is 3.70. The van der Waals surface area contributed by atoms with Gasteiger partial charge in [0.2, 0.25) is 5.78 Å². The van der Waals surface area contributed by atoms with Gasteiger partial charge in [-0.25, -0.2) is 0 Å². The third kappa shape index (κ3) is 2.29. The van der Waals surface area contributed by atoms with Crippen molar-refractivity contribution in [2.45, 2.75) is 6.92 Å². The topological polar surface area (TPSA) is 17.1 Å². The van der Waals surface area contributed by atoms with E-state index in [2.05, 4.69) is 22.6 Å². The van der Waals surface area contributed by atoms with Crippen LogP contribution in [-0.4, -0.2) is 5.78 Å². The van der Waals surface area contributed by atoms with Crippen molar-refractivity contribution >= 4 is 39.7 Å². The summed E-state index contributed by atoms with van der Waals surface area (Å²) in [6.07, 6.45) is 0. The highest BCUT2D eigenvalue weighted by molar-refractivity contribution is 14.1. The zero-order valence-corrected chi connectivity index (χ0v) is 11.1. The SMILES string of the molecule is Cc1cccc(C(=O)c2sccc2I)c1. The number of carbonyl (C=O) groups excluding carboxylic acids is 1. The zero-order valence-electron chi connectivity index (χ0n) is 8.16. The third-order valence-corrected chi connectivity index (χ3v) is 4.28. The Bertz CT molecular complexity index is 502. The molecular formula is C12H9IOS. The molecule has 1 aromatic carbocycles. The fraction of sp³-hybridized carbons (Fsp3) is 0.0833. The van der Waals surface area contributed by atoms with Gasteiger partial charge in [0.05, 0.1) is 4.88 Å². The standard InChI is InChI=1S/C12H9IOS/c1-8-3-2-4-9(7-8)11(14)12-10(13)5-6-15-12/h2-7H,1H3. The normalized spacial score (nSPS) is 10.3. The lowest BCUT2D eigenvalue weighted by molar-refractivity contribution is 0.104. The van der Waals surface area contributed by atoms with Crippen LogP contribution >= 0.6 is 33.9 Å².